The average Bonchev–Trinajstić information content (AvgIpc) is 2.63. The highest BCUT2D eigenvalue weighted by atomic mass is 79.9. The van der Waals surface area contributed by atoms with E-state index in [9.17, 15) is 19.5 Å². The normalized spacial score (nSPS) is 15.3. The highest BCUT2D eigenvalue weighted by molar-refractivity contribution is 9.10. The topological polar surface area (TPSA) is 111 Å². The van der Waals surface area contributed by atoms with Gasteiger partial charge in [-0.25, -0.2) is 24.3 Å². The molecule has 0 radical (unpaired) electrons. The molecule has 2 aromatic rings. The Morgan fingerprint density at radius 2 is 2.00 bits per heavy atom. The molecule has 1 N–H and O–H groups in total. The minimum atomic E-state index is -1.39. The van der Waals surface area contributed by atoms with Gasteiger partial charge in [0.1, 0.15) is 11.2 Å². The molecule has 3 rings (SSSR count). The van der Waals surface area contributed by atoms with E-state index in [0.717, 1.165) is 6.20 Å². The standard InChI is InChI=1S/C19H22BrN3O6/c1-19(2,3)29-18(27)23(12-4-6-28-7-5-12)22-10-14(17(25)26)15(24)13-8-11(20)9-21-16(13)22/h8-10,12H,4-7H2,1-3H3,(H,25,26). The lowest BCUT2D eigenvalue weighted by atomic mass is 10.1. The molecule has 1 aliphatic rings. The molecule has 1 saturated heterocycles. The van der Waals surface area contributed by atoms with Gasteiger partial charge in [-0.15, -0.1) is 0 Å². The fourth-order valence-corrected chi connectivity index (χ4v) is 3.47. The van der Waals surface area contributed by atoms with Crippen molar-refractivity contribution in [2.75, 3.05) is 18.2 Å². The van der Waals surface area contributed by atoms with Crippen molar-refractivity contribution in [2.24, 2.45) is 0 Å². The number of carbonyl (C=O) groups excluding carboxylic acids is 1. The number of nitrogens with zero attached hydrogens (tertiary/aromatic N) is 3. The number of hydrogen-bond acceptors (Lipinski definition) is 6. The fraction of sp³-hybridized carbons (Fsp3) is 0.474. The number of pyridine rings is 2. The predicted molar refractivity (Wildman–Crippen MR) is 109 cm³/mol. The molecule has 9 nitrogen and oxygen atoms in total. The summed E-state index contributed by atoms with van der Waals surface area (Å²) in [7, 11) is 0. The maximum Gasteiger partial charge on any atom is 0.429 e. The van der Waals surface area contributed by atoms with Crippen molar-refractivity contribution in [2.45, 2.75) is 45.3 Å². The van der Waals surface area contributed by atoms with Crippen LogP contribution in [0.25, 0.3) is 11.0 Å². The van der Waals surface area contributed by atoms with E-state index in [1.165, 1.54) is 21.9 Å². The third kappa shape index (κ3) is 4.59. The number of aromatic nitrogens is 2. The van der Waals surface area contributed by atoms with E-state index in [1.54, 1.807) is 20.8 Å². The quantitative estimate of drug-likeness (QED) is 0.738. The van der Waals surface area contributed by atoms with Crippen LogP contribution in [0.5, 0.6) is 0 Å². The zero-order chi connectivity index (χ0) is 21.3. The van der Waals surface area contributed by atoms with E-state index in [2.05, 4.69) is 20.9 Å². The van der Waals surface area contributed by atoms with Gasteiger partial charge in [-0.2, -0.15) is 0 Å². The van der Waals surface area contributed by atoms with E-state index in [4.69, 9.17) is 9.47 Å². The van der Waals surface area contributed by atoms with Crippen LogP contribution in [0.15, 0.2) is 27.7 Å². The lowest BCUT2D eigenvalue weighted by Crippen LogP contribution is -2.52. The summed E-state index contributed by atoms with van der Waals surface area (Å²) < 4.78 is 12.8. The van der Waals surface area contributed by atoms with Crippen LogP contribution >= 0.6 is 15.9 Å². The Morgan fingerprint density at radius 3 is 2.59 bits per heavy atom. The van der Waals surface area contributed by atoms with Crippen molar-refractivity contribution in [1.82, 2.24) is 9.66 Å². The summed E-state index contributed by atoms with van der Waals surface area (Å²) in [4.78, 5) is 41.8. The van der Waals surface area contributed by atoms with E-state index in [-0.39, 0.29) is 17.1 Å². The lowest BCUT2D eigenvalue weighted by Gasteiger charge is -2.36. The van der Waals surface area contributed by atoms with Gasteiger partial charge in [0.25, 0.3) is 0 Å². The van der Waals surface area contributed by atoms with Crippen LogP contribution in [0.4, 0.5) is 4.79 Å². The Morgan fingerprint density at radius 1 is 1.34 bits per heavy atom. The third-order valence-electron chi connectivity index (χ3n) is 4.37. The zero-order valence-corrected chi connectivity index (χ0v) is 17.9. The predicted octanol–water partition coefficient (Wildman–Crippen LogP) is 2.91. The summed E-state index contributed by atoms with van der Waals surface area (Å²) in [5.74, 6) is -1.39. The van der Waals surface area contributed by atoms with Crippen molar-refractivity contribution < 1.29 is 24.2 Å². The molecule has 1 amide bonds. The molecule has 0 aliphatic carbocycles. The number of amides is 1. The number of ether oxygens (including phenoxy) is 2. The monoisotopic (exact) mass is 467 g/mol. The Labute approximate surface area is 175 Å². The highest BCUT2D eigenvalue weighted by Gasteiger charge is 2.33. The van der Waals surface area contributed by atoms with Crippen molar-refractivity contribution in [3.05, 3.63) is 38.7 Å². The molecule has 2 aromatic heterocycles. The van der Waals surface area contributed by atoms with Gasteiger partial charge in [-0.05, 0) is 55.6 Å². The fourth-order valence-electron chi connectivity index (χ4n) is 3.14. The van der Waals surface area contributed by atoms with E-state index in [0.29, 0.717) is 30.5 Å². The molecule has 0 bridgehead atoms. The van der Waals surface area contributed by atoms with E-state index >= 15 is 0 Å². The smallest absolute Gasteiger partial charge is 0.429 e. The van der Waals surface area contributed by atoms with E-state index < -0.39 is 28.7 Å². The van der Waals surface area contributed by atoms with E-state index in [1.807, 2.05) is 0 Å². The minimum absolute atomic E-state index is 0.0832. The molecule has 156 valence electrons. The molecule has 0 atom stereocenters. The van der Waals surface area contributed by atoms with Crippen LogP contribution < -0.4 is 10.4 Å². The molecule has 0 aromatic carbocycles. The van der Waals surface area contributed by atoms with Crippen molar-refractivity contribution >= 4 is 39.0 Å². The minimum Gasteiger partial charge on any atom is -0.477 e. The average molecular weight is 468 g/mol. The first-order valence-electron chi connectivity index (χ1n) is 9.13. The van der Waals surface area contributed by atoms with Gasteiger partial charge in [0.2, 0.25) is 5.43 Å². The van der Waals surface area contributed by atoms with Crippen LogP contribution in [-0.4, -0.2) is 51.7 Å². The molecular formula is C19H22BrN3O6. The Bertz CT molecular complexity index is 1010. The number of aromatic carboxylic acids is 1. The number of hydrogen-bond donors (Lipinski definition) is 1. The van der Waals surface area contributed by atoms with Crippen LogP contribution in [0.1, 0.15) is 44.0 Å². The number of carboxylic acid groups (broad SMARTS) is 1. The summed E-state index contributed by atoms with van der Waals surface area (Å²) >= 11 is 3.26. The molecule has 1 fully saturated rings. The van der Waals surface area contributed by atoms with Crippen molar-refractivity contribution in [1.29, 1.82) is 0 Å². The van der Waals surface area contributed by atoms with Crippen LogP contribution in [-0.2, 0) is 9.47 Å². The summed E-state index contributed by atoms with van der Waals surface area (Å²) in [6.07, 6.45) is 3.02. The van der Waals surface area contributed by atoms with Gasteiger partial charge in [0.15, 0.2) is 5.65 Å². The largest absolute Gasteiger partial charge is 0.477 e. The summed E-state index contributed by atoms with van der Waals surface area (Å²) in [5, 5.41) is 11.0. The van der Waals surface area contributed by atoms with Gasteiger partial charge >= 0.3 is 12.1 Å². The number of carbonyl (C=O) groups is 2. The molecule has 0 saturated carbocycles. The molecule has 0 spiro atoms. The SMILES string of the molecule is CC(C)(C)OC(=O)N(C1CCOCC1)n1cc(C(=O)O)c(=O)c2cc(Br)cnc21. The molecular weight excluding hydrogens is 446 g/mol. The van der Waals surface area contributed by atoms with Crippen molar-refractivity contribution in [3.8, 4) is 0 Å². The van der Waals surface area contributed by atoms with Gasteiger partial charge < -0.3 is 14.6 Å². The molecule has 10 heteroatoms. The van der Waals surface area contributed by atoms with Gasteiger partial charge in [-0.1, -0.05) is 0 Å². The zero-order valence-electron chi connectivity index (χ0n) is 16.3. The molecule has 0 unspecified atom stereocenters. The first kappa shape index (κ1) is 21.3. The number of fused-ring (bicyclic) bond motifs is 1. The Balaban J connectivity index is 2.26. The second-order valence-corrected chi connectivity index (χ2v) is 8.63. The Hall–Kier alpha value is -2.46. The summed E-state index contributed by atoms with van der Waals surface area (Å²) in [6.45, 7) is 6.14. The second-order valence-electron chi connectivity index (χ2n) is 7.71. The number of carboxylic acids is 1. The molecule has 3 heterocycles. The molecule has 29 heavy (non-hydrogen) atoms. The number of halogens is 1. The van der Waals surface area contributed by atoms with Gasteiger partial charge in [0, 0.05) is 30.1 Å². The highest BCUT2D eigenvalue weighted by Crippen LogP contribution is 2.22. The van der Waals surface area contributed by atoms with Crippen molar-refractivity contribution in [3.63, 3.8) is 0 Å². The lowest BCUT2D eigenvalue weighted by molar-refractivity contribution is 0.0418. The maximum absolute atomic E-state index is 13.1. The Kier molecular flexibility index (Phi) is 5.95. The maximum atomic E-state index is 13.1. The van der Waals surface area contributed by atoms with Gasteiger partial charge in [-0.3, -0.25) is 4.79 Å². The first-order valence-corrected chi connectivity index (χ1v) is 9.92. The number of rotatable bonds is 3. The van der Waals surface area contributed by atoms with Crippen LogP contribution in [0.3, 0.4) is 0 Å². The first-order chi connectivity index (χ1) is 13.6. The summed E-state index contributed by atoms with van der Waals surface area (Å²) in [5.41, 5.74) is -1.73. The molecule has 1 aliphatic heterocycles. The second kappa shape index (κ2) is 8.11. The summed E-state index contributed by atoms with van der Waals surface area (Å²) in [6, 6.07) is 1.18. The van der Waals surface area contributed by atoms with Gasteiger partial charge in [0.05, 0.1) is 11.4 Å². The van der Waals surface area contributed by atoms with Crippen LogP contribution in [0, 0.1) is 0 Å². The third-order valence-corrected chi connectivity index (χ3v) is 4.80. The van der Waals surface area contributed by atoms with Crippen LogP contribution in [0.2, 0.25) is 0 Å².